The average molecular weight is 231 g/mol. The first-order chi connectivity index (χ1) is 7.79. The number of ketones is 2. The second-order valence-electron chi connectivity index (χ2n) is 3.68. The van der Waals surface area contributed by atoms with E-state index < -0.39 is 0 Å². The molecule has 0 amide bonds. The van der Waals surface area contributed by atoms with Gasteiger partial charge in [-0.1, -0.05) is 24.3 Å². The number of hydrogen-bond donors (Lipinski definition) is 1. The molecular weight excluding hydrogens is 222 g/mol. The minimum absolute atomic E-state index is 0.0256. The number of thioether (sulfide) groups is 1. The predicted molar refractivity (Wildman–Crippen MR) is 62.6 cm³/mol. The summed E-state index contributed by atoms with van der Waals surface area (Å²) in [4.78, 5) is 24.8. The summed E-state index contributed by atoms with van der Waals surface area (Å²) in [6, 6.07) is 7.00. The van der Waals surface area contributed by atoms with Gasteiger partial charge in [-0.15, -0.1) is 11.8 Å². The van der Waals surface area contributed by atoms with Crippen LogP contribution in [0, 0.1) is 0 Å². The number of Topliss-reactive ketones (excluding diaryl/α,β-unsaturated/α-hetero) is 2. The number of hydrogen-bond acceptors (Lipinski definition) is 4. The largest absolute Gasteiger partial charge is 0.380 e. The minimum atomic E-state index is -0.0580. The van der Waals surface area contributed by atoms with Crippen molar-refractivity contribution in [1.29, 1.82) is 0 Å². The van der Waals surface area contributed by atoms with Gasteiger partial charge in [0.25, 0.3) is 0 Å². The van der Waals surface area contributed by atoms with Crippen molar-refractivity contribution in [3.63, 3.8) is 0 Å². The quantitative estimate of drug-likeness (QED) is 0.737. The van der Waals surface area contributed by atoms with E-state index in [4.69, 9.17) is 0 Å². The molecule has 0 unspecified atom stereocenters. The van der Waals surface area contributed by atoms with Gasteiger partial charge in [0.15, 0.2) is 0 Å². The first-order valence-corrected chi connectivity index (χ1v) is 6.07. The first-order valence-electron chi connectivity index (χ1n) is 5.08. The molecule has 3 nitrogen and oxygen atoms in total. The van der Waals surface area contributed by atoms with E-state index in [9.17, 15) is 9.59 Å². The summed E-state index contributed by atoms with van der Waals surface area (Å²) in [6.45, 7) is 0.741. The van der Waals surface area contributed by atoms with E-state index in [2.05, 4.69) is 5.32 Å². The second kappa shape index (κ2) is 3.49. The van der Waals surface area contributed by atoms with Crippen molar-refractivity contribution < 1.29 is 9.59 Å². The molecule has 0 atom stereocenters. The molecule has 1 aliphatic heterocycles. The molecule has 2 aliphatic rings. The fraction of sp³-hybridized carbons (Fsp3) is 0.167. The molecule has 3 rings (SSSR count). The van der Waals surface area contributed by atoms with Gasteiger partial charge < -0.3 is 5.32 Å². The molecule has 0 fully saturated rings. The Morgan fingerprint density at radius 2 is 1.75 bits per heavy atom. The van der Waals surface area contributed by atoms with E-state index in [1.54, 1.807) is 24.3 Å². The maximum atomic E-state index is 12.1. The summed E-state index contributed by atoms with van der Waals surface area (Å²) in [5.74, 6) is 0.750. The molecule has 0 bridgehead atoms. The standard InChI is InChI=1S/C12H9NO2S/c14-10-7-3-1-2-4-8(7)11(15)12-9(10)13-5-6-16-12/h1-4,13H,5-6H2. The van der Waals surface area contributed by atoms with Crippen molar-refractivity contribution in [1.82, 2.24) is 5.32 Å². The predicted octanol–water partition coefficient (Wildman–Crippen LogP) is 1.61. The fourth-order valence-electron chi connectivity index (χ4n) is 1.98. The van der Waals surface area contributed by atoms with E-state index >= 15 is 0 Å². The first kappa shape index (κ1) is 9.66. The van der Waals surface area contributed by atoms with Crippen LogP contribution in [-0.4, -0.2) is 23.9 Å². The number of allylic oxidation sites excluding steroid dienone is 2. The lowest BCUT2D eigenvalue weighted by atomic mass is 9.92. The highest BCUT2D eigenvalue weighted by atomic mass is 32.2. The Hall–Kier alpha value is -1.55. The van der Waals surface area contributed by atoms with E-state index in [-0.39, 0.29) is 11.6 Å². The molecule has 1 aromatic rings. The van der Waals surface area contributed by atoms with Crippen molar-refractivity contribution in [2.45, 2.75) is 0 Å². The number of carbonyl (C=O) groups excluding carboxylic acids is 2. The number of nitrogens with one attached hydrogen (secondary N) is 1. The van der Waals surface area contributed by atoms with Gasteiger partial charge in [0.1, 0.15) is 5.70 Å². The molecule has 0 radical (unpaired) electrons. The van der Waals surface area contributed by atoms with E-state index in [1.165, 1.54) is 11.8 Å². The van der Waals surface area contributed by atoms with Crippen molar-refractivity contribution in [3.05, 3.63) is 46.0 Å². The van der Waals surface area contributed by atoms with Crippen LogP contribution < -0.4 is 5.32 Å². The maximum absolute atomic E-state index is 12.1. The van der Waals surface area contributed by atoms with Crippen molar-refractivity contribution >= 4 is 23.3 Å². The van der Waals surface area contributed by atoms with E-state index in [1.807, 2.05) is 0 Å². The highest BCUT2D eigenvalue weighted by Gasteiger charge is 2.33. The van der Waals surface area contributed by atoms with Crippen LogP contribution in [0.4, 0.5) is 0 Å². The molecule has 1 aromatic carbocycles. The summed E-state index contributed by atoms with van der Waals surface area (Å²) >= 11 is 1.47. The van der Waals surface area contributed by atoms with Crippen LogP contribution >= 0.6 is 11.8 Å². The second-order valence-corrected chi connectivity index (χ2v) is 4.79. The lowest BCUT2D eigenvalue weighted by molar-refractivity contribution is 0.0975. The molecule has 0 spiro atoms. The molecule has 1 aliphatic carbocycles. The van der Waals surface area contributed by atoms with Gasteiger partial charge >= 0.3 is 0 Å². The third kappa shape index (κ3) is 1.23. The molecule has 0 saturated carbocycles. The summed E-state index contributed by atoms with van der Waals surface area (Å²) in [6.07, 6.45) is 0. The Morgan fingerprint density at radius 1 is 1.06 bits per heavy atom. The Labute approximate surface area is 96.9 Å². The Kier molecular flexibility index (Phi) is 2.11. The summed E-state index contributed by atoms with van der Waals surface area (Å²) < 4.78 is 0. The molecule has 80 valence electrons. The summed E-state index contributed by atoms with van der Waals surface area (Å²) in [5.41, 5.74) is 1.53. The lowest BCUT2D eigenvalue weighted by Crippen LogP contribution is -2.34. The maximum Gasteiger partial charge on any atom is 0.210 e. The third-order valence-corrected chi connectivity index (χ3v) is 3.81. The topological polar surface area (TPSA) is 46.2 Å². The Balaban J connectivity index is 2.22. The van der Waals surface area contributed by atoms with Gasteiger partial charge in [-0.25, -0.2) is 0 Å². The number of rotatable bonds is 0. The van der Waals surface area contributed by atoms with Gasteiger partial charge in [0.05, 0.1) is 4.91 Å². The SMILES string of the molecule is O=C1C2=C(SCCN2)C(=O)c2ccccc21. The monoisotopic (exact) mass is 231 g/mol. The smallest absolute Gasteiger partial charge is 0.210 e. The number of carbonyl (C=O) groups is 2. The molecule has 16 heavy (non-hydrogen) atoms. The molecule has 0 aromatic heterocycles. The van der Waals surface area contributed by atoms with Crippen LogP contribution in [-0.2, 0) is 0 Å². The van der Waals surface area contributed by atoms with E-state index in [0.717, 1.165) is 12.3 Å². The average Bonchev–Trinajstić information content (AvgIpc) is 2.36. The molecular formula is C12H9NO2S. The zero-order valence-electron chi connectivity index (χ0n) is 8.45. The van der Waals surface area contributed by atoms with Gasteiger partial charge in [-0.3, -0.25) is 9.59 Å². The summed E-state index contributed by atoms with van der Waals surface area (Å²) in [7, 11) is 0. The normalized spacial score (nSPS) is 19.0. The lowest BCUT2D eigenvalue weighted by Gasteiger charge is -2.24. The third-order valence-electron chi connectivity index (χ3n) is 2.73. The zero-order valence-corrected chi connectivity index (χ0v) is 9.26. The van der Waals surface area contributed by atoms with Crippen LogP contribution in [0.2, 0.25) is 0 Å². The number of benzene rings is 1. The zero-order chi connectivity index (χ0) is 11.1. The number of fused-ring (bicyclic) bond motifs is 1. The van der Waals surface area contributed by atoms with Crippen molar-refractivity contribution in [2.24, 2.45) is 0 Å². The molecule has 4 heteroatoms. The van der Waals surface area contributed by atoms with Crippen LogP contribution in [0.25, 0.3) is 0 Å². The molecule has 1 N–H and O–H groups in total. The van der Waals surface area contributed by atoms with E-state index in [0.29, 0.717) is 21.7 Å². The van der Waals surface area contributed by atoms with Gasteiger partial charge in [0.2, 0.25) is 11.6 Å². The minimum Gasteiger partial charge on any atom is -0.380 e. The van der Waals surface area contributed by atoms with Crippen LogP contribution in [0.3, 0.4) is 0 Å². The van der Waals surface area contributed by atoms with Crippen LogP contribution in [0.5, 0.6) is 0 Å². The van der Waals surface area contributed by atoms with Crippen molar-refractivity contribution in [3.8, 4) is 0 Å². The van der Waals surface area contributed by atoms with Gasteiger partial charge in [-0.05, 0) is 0 Å². The van der Waals surface area contributed by atoms with Crippen LogP contribution in [0.15, 0.2) is 34.9 Å². The fourth-order valence-corrected chi connectivity index (χ4v) is 2.94. The molecule has 1 heterocycles. The summed E-state index contributed by atoms with van der Waals surface area (Å²) in [5, 5.41) is 3.03. The van der Waals surface area contributed by atoms with Gasteiger partial charge in [-0.2, -0.15) is 0 Å². The van der Waals surface area contributed by atoms with Crippen molar-refractivity contribution in [2.75, 3.05) is 12.3 Å². The Morgan fingerprint density at radius 3 is 2.50 bits per heavy atom. The molecule has 0 saturated heterocycles. The highest BCUT2D eigenvalue weighted by Crippen LogP contribution is 2.33. The highest BCUT2D eigenvalue weighted by molar-refractivity contribution is 8.04. The van der Waals surface area contributed by atoms with Gasteiger partial charge in [0, 0.05) is 23.4 Å². The Bertz CT molecular complexity index is 487. The van der Waals surface area contributed by atoms with Crippen LogP contribution in [0.1, 0.15) is 20.7 Å².